The van der Waals surface area contributed by atoms with Crippen LogP contribution in [0, 0.1) is 5.92 Å². The van der Waals surface area contributed by atoms with E-state index in [2.05, 4.69) is 58.7 Å². The van der Waals surface area contributed by atoms with Gasteiger partial charge >= 0.3 is 0 Å². The van der Waals surface area contributed by atoms with Gasteiger partial charge in [-0.2, -0.15) is 5.10 Å². The first kappa shape index (κ1) is 20.4. The average molecular weight is 383 g/mol. The first-order valence-electron chi connectivity index (χ1n) is 10.5. The summed E-state index contributed by atoms with van der Waals surface area (Å²) < 4.78 is 1.95. The largest absolute Gasteiger partial charge is 0.357 e. The summed E-state index contributed by atoms with van der Waals surface area (Å²) in [7, 11) is 0. The molecule has 0 radical (unpaired) electrons. The number of rotatable bonds is 8. The molecule has 2 N–H and O–H groups in total. The molecule has 0 amide bonds. The van der Waals surface area contributed by atoms with Gasteiger partial charge in [0.25, 0.3) is 0 Å². The second-order valence-corrected chi connectivity index (χ2v) is 7.62. The van der Waals surface area contributed by atoms with Crippen molar-refractivity contribution in [2.75, 3.05) is 32.7 Å². The lowest BCUT2D eigenvalue weighted by molar-refractivity contribution is 0.195. The molecule has 0 unspecified atom stereocenters. The summed E-state index contributed by atoms with van der Waals surface area (Å²) in [6.07, 6.45) is 6.45. The molecule has 28 heavy (non-hydrogen) atoms. The molecular weight excluding hydrogens is 348 g/mol. The molecule has 6 heteroatoms. The zero-order chi connectivity index (χ0) is 19.6. The second-order valence-electron chi connectivity index (χ2n) is 7.62. The average Bonchev–Trinajstić information content (AvgIpc) is 3.22. The zero-order valence-corrected chi connectivity index (χ0v) is 17.3. The van der Waals surface area contributed by atoms with Crippen LogP contribution in [0.1, 0.15) is 37.8 Å². The first-order chi connectivity index (χ1) is 13.7. The Morgan fingerprint density at radius 3 is 2.64 bits per heavy atom. The quantitative estimate of drug-likeness (QED) is 0.544. The maximum atomic E-state index is 4.81. The van der Waals surface area contributed by atoms with E-state index in [0.717, 1.165) is 38.1 Å². The molecule has 152 valence electrons. The highest BCUT2D eigenvalue weighted by molar-refractivity contribution is 5.79. The molecule has 2 heterocycles. The van der Waals surface area contributed by atoms with Gasteiger partial charge in [-0.05, 0) is 56.0 Å². The Hall–Kier alpha value is -2.34. The minimum atomic E-state index is 0.661. The van der Waals surface area contributed by atoms with E-state index in [1.807, 2.05) is 23.1 Å². The molecule has 0 aliphatic carbocycles. The molecule has 0 saturated carbocycles. The van der Waals surface area contributed by atoms with Gasteiger partial charge in [0, 0.05) is 32.0 Å². The number of guanidine groups is 1. The van der Waals surface area contributed by atoms with Crippen LogP contribution in [0.15, 0.2) is 47.7 Å². The van der Waals surface area contributed by atoms with E-state index < -0.39 is 0 Å². The molecule has 6 nitrogen and oxygen atoms in total. The molecule has 1 saturated heterocycles. The number of aliphatic imine (C=N–C) groups is 1. The maximum absolute atomic E-state index is 4.81. The van der Waals surface area contributed by atoms with Crippen LogP contribution < -0.4 is 10.6 Å². The summed E-state index contributed by atoms with van der Waals surface area (Å²) in [5, 5.41) is 11.2. The molecule has 1 fully saturated rings. The molecule has 1 aliphatic rings. The summed E-state index contributed by atoms with van der Waals surface area (Å²) in [5.74, 6) is 1.77. The summed E-state index contributed by atoms with van der Waals surface area (Å²) in [4.78, 5) is 7.37. The van der Waals surface area contributed by atoms with E-state index in [9.17, 15) is 0 Å². The molecule has 2 aromatic rings. The van der Waals surface area contributed by atoms with Crippen LogP contribution in [0.3, 0.4) is 0 Å². The van der Waals surface area contributed by atoms with Gasteiger partial charge in [0.15, 0.2) is 5.96 Å². The van der Waals surface area contributed by atoms with Crippen LogP contribution >= 0.6 is 0 Å². The third kappa shape index (κ3) is 6.37. The Kier molecular flexibility index (Phi) is 7.91. The molecule has 0 atom stereocenters. The highest BCUT2D eigenvalue weighted by atomic mass is 15.3. The number of aromatic nitrogens is 2. The van der Waals surface area contributed by atoms with Gasteiger partial charge in [0.1, 0.15) is 0 Å². The van der Waals surface area contributed by atoms with Crippen LogP contribution in [0.5, 0.6) is 0 Å². The lowest BCUT2D eigenvalue weighted by Gasteiger charge is -2.30. The van der Waals surface area contributed by atoms with Gasteiger partial charge in [0.2, 0.25) is 0 Å². The van der Waals surface area contributed by atoms with Crippen molar-refractivity contribution in [3.05, 3.63) is 53.9 Å². The van der Waals surface area contributed by atoms with E-state index in [0.29, 0.717) is 6.54 Å². The molecule has 1 aromatic carbocycles. The van der Waals surface area contributed by atoms with Gasteiger partial charge in [-0.3, -0.25) is 4.68 Å². The Balaban J connectivity index is 1.54. The van der Waals surface area contributed by atoms with Crippen LogP contribution in [-0.2, 0) is 13.1 Å². The summed E-state index contributed by atoms with van der Waals surface area (Å²) in [6, 6.07) is 10.4. The van der Waals surface area contributed by atoms with E-state index >= 15 is 0 Å². The molecule has 3 rings (SSSR count). The van der Waals surface area contributed by atoms with Crippen LogP contribution in [0.4, 0.5) is 0 Å². The predicted molar refractivity (Wildman–Crippen MR) is 115 cm³/mol. The molecular formula is C22H34N6. The number of hydrogen-bond donors (Lipinski definition) is 2. The standard InChI is InChI=1S/C22H34N6/c1-3-23-22(24-12-16-27-14-9-19(2)10-15-27)25-17-20-7-4-5-8-21(20)18-28-13-6-11-26-28/h4-8,11,13,19H,3,9-10,12,14-18H2,1-2H3,(H2,23,24,25). The smallest absolute Gasteiger partial charge is 0.191 e. The minimum Gasteiger partial charge on any atom is -0.357 e. The lowest BCUT2D eigenvalue weighted by Crippen LogP contribution is -2.43. The number of piperidine rings is 1. The lowest BCUT2D eigenvalue weighted by atomic mass is 9.99. The van der Waals surface area contributed by atoms with Crippen molar-refractivity contribution in [2.24, 2.45) is 10.9 Å². The van der Waals surface area contributed by atoms with E-state index in [1.165, 1.54) is 37.1 Å². The Labute approximate surface area is 169 Å². The topological polar surface area (TPSA) is 57.5 Å². The fourth-order valence-corrected chi connectivity index (χ4v) is 3.56. The number of hydrogen-bond acceptors (Lipinski definition) is 3. The Morgan fingerprint density at radius 1 is 1.14 bits per heavy atom. The van der Waals surface area contributed by atoms with Crippen molar-refractivity contribution in [3.63, 3.8) is 0 Å². The SMILES string of the molecule is CCNC(=NCc1ccccc1Cn1cccn1)NCCN1CCC(C)CC1. The third-order valence-corrected chi connectivity index (χ3v) is 5.36. The summed E-state index contributed by atoms with van der Waals surface area (Å²) >= 11 is 0. The van der Waals surface area contributed by atoms with Crippen molar-refractivity contribution in [2.45, 2.75) is 39.8 Å². The number of nitrogens with zero attached hydrogens (tertiary/aromatic N) is 4. The molecule has 0 bridgehead atoms. The van der Waals surface area contributed by atoms with E-state index in [4.69, 9.17) is 4.99 Å². The fraction of sp³-hybridized carbons (Fsp3) is 0.545. The second kappa shape index (κ2) is 10.9. The van der Waals surface area contributed by atoms with E-state index in [-0.39, 0.29) is 0 Å². The summed E-state index contributed by atoms with van der Waals surface area (Å²) in [6.45, 7) is 11.2. The summed E-state index contributed by atoms with van der Waals surface area (Å²) in [5.41, 5.74) is 2.49. The van der Waals surface area contributed by atoms with E-state index in [1.54, 1.807) is 0 Å². The van der Waals surface area contributed by atoms with Gasteiger partial charge in [-0.25, -0.2) is 4.99 Å². The van der Waals surface area contributed by atoms with Gasteiger partial charge < -0.3 is 15.5 Å². The minimum absolute atomic E-state index is 0.661. The monoisotopic (exact) mass is 382 g/mol. The van der Waals surface area contributed by atoms with Crippen LogP contribution in [-0.4, -0.2) is 53.4 Å². The van der Waals surface area contributed by atoms with Gasteiger partial charge in [-0.1, -0.05) is 31.2 Å². The predicted octanol–water partition coefficient (Wildman–Crippen LogP) is 2.72. The fourth-order valence-electron chi connectivity index (χ4n) is 3.56. The van der Waals surface area contributed by atoms with Crippen LogP contribution in [0.2, 0.25) is 0 Å². The third-order valence-electron chi connectivity index (χ3n) is 5.36. The van der Waals surface area contributed by atoms with Crippen LogP contribution in [0.25, 0.3) is 0 Å². The van der Waals surface area contributed by atoms with Crippen molar-refractivity contribution in [1.82, 2.24) is 25.3 Å². The van der Waals surface area contributed by atoms with Gasteiger partial charge in [-0.15, -0.1) is 0 Å². The number of likely N-dealkylation sites (tertiary alicyclic amines) is 1. The number of nitrogens with one attached hydrogen (secondary N) is 2. The molecule has 0 spiro atoms. The van der Waals surface area contributed by atoms with Crippen molar-refractivity contribution in [1.29, 1.82) is 0 Å². The van der Waals surface area contributed by atoms with Crippen molar-refractivity contribution < 1.29 is 0 Å². The highest BCUT2D eigenvalue weighted by Gasteiger charge is 2.15. The first-order valence-corrected chi connectivity index (χ1v) is 10.5. The van der Waals surface area contributed by atoms with Crippen molar-refractivity contribution >= 4 is 5.96 Å². The Morgan fingerprint density at radius 2 is 1.93 bits per heavy atom. The normalized spacial score (nSPS) is 16.3. The zero-order valence-electron chi connectivity index (χ0n) is 17.3. The maximum Gasteiger partial charge on any atom is 0.191 e. The van der Waals surface area contributed by atoms with Crippen molar-refractivity contribution in [3.8, 4) is 0 Å². The number of benzene rings is 1. The molecule has 1 aliphatic heterocycles. The van der Waals surface area contributed by atoms with Gasteiger partial charge in [0.05, 0.1) is 13.1 Å². The Bertz CT molecular complexity index is 716. The molecule has 1 aromatic heterocycles. The highest BCUT2D eigenvalue weighted by Crippen LogP contribution is 2.15.